The third kappa shape index (κ3) is 16.3. The van der Waals surface area contributed by atoms with E-state index in [2.05, 4.69) is 62.1 Å². The molecule has 1 aromatic heterocycles. The molecule has 8 atom stereocenters. The minimum atomic E-state index is -1.36. The van der Waals surface area contributed by atoms with E-state index in [1.807, 2.05) is 30.3 Å². The van der Waals surface area contributed by atoms with Gasteiger partial charge >= 0.3 is 5.97 Å². The number of hydrogen-bond acceptors (Lipinski definition) is 12. The lowest BCUT2D eigenvalue weighted by Gasteiger charge is -2.28. The van der Waals surface area contributed by atoms with Crippen molar-refractivity contribution in [2.24, 2.45) is 17.4 Å². The van der Waals surface area contributed by atoms with Gasteiger partial charge in [0.15, 0.2) is 0 Å². The highest BCUT2D eigenvalue weighted by Gasteiger charge is 2.35. The number of carboxylic acid groups (broad SMARTS) is 1. The Morgan fingerprint density at radius 2 is 1.13 bits per heavy atom. The molecule has 6 amide bonds. The van der Waals surface area contributed by atoms with Crippen LogP contribution >= 0.6 is 25.3 Å². The van der Waals surface area contributed by atoms with Crippen LogP contribution in [0.3, 0.4) is 0 Å². The fourth-order valence-electron chi connectivity index (χ4n) is 7.21. The maximum atomic E-state index is 14.6. The molecular weight excluding hydrogens is 899 g/mol. The first-order valence-corrected chi connectivity index (χ1v) is 23.4. The second-order valence-corrected chi connectivity index (χ2v) is 17.1. The zero-order chi connectivity index (χ0) is 49.0. The predicted octanol–water partition coefficient (Wildman–Crippen LogP) is 1.26. The van der Waals surface area contributed by atoms with Crippen LogP contribution < -0.4 is 43.4 Å². The lowest BCUT2D eigenvalue weighted by Crippen LogP contribution is -2.61. The molecule has 0 unspecified atom stereocenters. The maximum absolute atomic E-state index is 14.6. The van der Waals surface area contributed by atoms with Crippen molar-refractivity contribution < 1.29 is 43.8 Å². The second kappa shape index (κ2) is 26.9. The van der Waals surface area contributed by atoms with E-state index in [1.165, 1.54) is 12.1 Å². The zero-order valence-electron chi connectivity index (χ0n) is 37.6. The fourth-order valence-corrected chi connectivity index (χ4v) is 7.63. The van der Waals surface area contributed by atoms with Gasteiger partial charge in [0.2, 0.25) is 35.4 Å². The number of nitrogens with one attached hydrogen (secondary N) is 7. The van der Waals surface area contributed by atoms with Gasteiger partial charge in [-0.3, -0.25) is 28.8 Å². The Morgan fingerprint density at radius 1 is 0.627 bits per heavy atom. The van der Waals surface area contributed by atoms with Gasteiger partial charge in [-0.2, -0.15) is 25.3 Å². The zero-order valence-corrected chi connectivity index (χ0v) is 39.4. The van der Waals surface area contributed by atoms with Crippen LogP contribution in [0.1, 0.15) is 56.2 Å². The van der Waals surface area contributed by atoms with Crippen LogP contribution in [0.15, 0.2) is 85.1 Å². The van der Waals surface area contributed by atoms with E-state index in [-0.39, 0.29) is 49.5 Å². The summed E-state index contributed by atoms with van der Waals surface area (Å²) in [6, 6.07) is 13.6. The number of unbranched alkanes of at least 4 members (excludes halogenated alkanes) is 1. The standard InChI is InChI=1S/C47H63N9O9S2/c1-3-27(2)40(47(64)65)56-46(63)39(26-67)55-44(61)37(22-29-16-18-31(57)19-17-29)53-42(59)35(15-9-10-20-48)51-45(62)38(23-30-24-50-34-14-8-7-13-32(30)34)54-43(60)36(52-41(58)33(49)25-66)21-28-11-5-4-6-12-28/h4-8,11-14,16-19,24,27,33,35-40,50,57,66-67H,3,9-10,15,20-23,25-26,48-49H2,1-2H3,(H,51,62)(H,52,58)(H,53,59)(H,54,60)(H,55,61)(H,56,63)(H,64,65)/t27-,33-,35-,36-,37-,38-,39-,40-/m0/s1. The number of nitrogens with two attached hydrogens (primary N) is 2. The van der Waals surface area contributed by atoms with Crippen molar-refractivity contribution in [2.45, 2.75) is 101 Å². The molecule has 362 valence electrons. The van der Waals surface area contributed by atoms with Gasteiger partial charge in [0.05, 0.1) is 6.04 Å². The molecule has 1 heterocycles. The molecule has 0 bridgehead atoms. The second-order valence-electron chi connectivity index (χ2n) is 16.4. The van der Waals surface area contributed by atoms with Crippen LogP contribution in [-0.4, -0.2) is 117 Å². The van der Waals surface area contributed by atoms with Gasteiger partial charge in [0.1, 0.15) is 42.0 Å². The van der Waals surface area contributed by atoms with Crippen molar-refractivity contribution in [3.8, 4) is 5.75 Å². The maximum Gasteiger partial charge on any atom is 0.326 e. The number of aliphatic carboxylic acids is 1. The summed E-state index contributed by atoms with van der Waals surface area (Å²) in [7, 11) is 0. The van der Waals surface area contributed by atoms with Gasteiger partial charge in [-0.15, -0.1) is 0 Å². The van der Waals surface area contributed by atoms with Crippen LogP contribution in [0.5, 0.6) is 5.75 Å². The summed E-state index contributed by atoms with van der Waals surface area (Å²) in [5.74, 6) is -6.37. The highest BCUT2D eigenvalue weighted by Crippen LogP contribution is 2.20. The summed E-state index contributed by atoms with van der Waals surface area (Å²) < 4.78 is 0. The Hall–Kier alpha value is -6.09. The SMILES string of the molecule is CC[C@H](C)[C@H](NC(=O)[C@H](CS)NC(=O)[C@H](Cc1ccc(O)cc1)NC(=O)[C@H](CCCCN)NC(=O)[C@H](Cc1c[nH]c2ccccc12)NC(=O)[C@H](Cc1ccccc1)NC(=O)[C@@H](N)CS)C(=O)O. The van der Waals surface area contributed by atoms with E-state index in [9.17, 15) is 43.8 Å². The van der Waals surface area contributed by atoms with E-state index < -0.39 is 89.6 Å². The van der Waals surface area contributed by atoms with E-state index in [0.717, 1.165) is 16.5 Å². The number of phenols is 1. The highest BCUT2D eigenvalue weighted by atomic mass is 32.1. The van der Waals surface area contributed by atoms with E-state index in [4.69, 9.17) is 11.5 Å². The number of hydrogen-bond donors (Lipinski definition) is 13. The van der Waals surface area contributed by atoms with Gasteiger partial charge in [-0.25, -0.2) is 4.79 Å². The van der Waals surface area contributed by atoms with Crippen molar-refractivity contribution in [1.82, 2.24) is 36.9 Å². The first-order valence-electron chi connectivity index (χ1n) is 22.2. The molecule has 18 nitrogen and oxygen atoms in total. The molecule has 4 aromatic rings. The molecule has 0 aliphatic rings. The minimum absolute atomic E-state index is 0.0128. The number of amides is 6. The molecule has 0 aliphatic carbocycles. The van der Waals surface area contributed by atoms with Gasteiger partial charge in [-0.1, -0.05) is 80.9 Å². The molecular formula is C47H63N9O9S2. The van der Waals surface area contributed by atoms with Gasteiger partial charge in [-0.05, 0) is 66.6 Å². The Bertz CT molecular complexity index is 2280. The minimum Gasteiger partial charge on any atom is -0.508 e. The van der Waals surface area contributed by atoms with Crippen LogP contribution in [0, 0.1) is 5.92 Å². The molecule has 0 spiro atoms. The van der Waals surface area contributed by atoms with Gasteiger partial charge in [0.25, 0.3) is 0 Å². The molecule has 13 N–H and O–H groups in total. The Morgan fingerprint density at radius 3 is 1.70 bits per heavy atom. The fraction of sp³-hybridized carbons (Fsp3) is 0.426. The molecule has 20 heteroatoms. The predicted molar refractivity (Wildman–Crippen MR) is 261 cm³/mol. The highest BCUT2D eigenvalue weighted by molar-refractivity contribution is 7.80. The quantitative estimate of drug-likeness (QED) is 0.0298. The molecule has 0 aliphatic heterocycles. The number of carbonyl (C=O) groups excluding carboxylic acids is 6. The number of para-hydroxylation sites is 1. The Labute approximate surface area is 400 Å². The third-order valence-electron chi connectivity index (χ3n) is 11.4. The number of aromatic hydroxyl groups is 1. The van der Waals surface area contributed by atoms with Crippen LogP contribution in [0.2, 0.25) is 0 Å². The summed E-state index contributed by atoms with van der Waals surface area (Å²) in [6.07, 6.45) is 2.98. The van der Waals surface area contributed by atoms with Crippen molar-refractivity contribution >= 4 is 77.6 Å². The number of fused-ring (bicyclic) bond motifs is 1. The van der Waals surface area contributed by atoms with Crippen LogP contribution in [0.4, 0.5) is 0 Å². The molecule has 67 heavy (non-hydrogen) atoms. The number of H-pyrrole nitrogens is 1. The Kier molecular flexibility index (Phi) is 21.5. The van der Waals surface area contributed by atoms with Crippen LogP contribution in [0.25, 0.3) is 10.9 Å². The molecule has 0 radical (unpaired) electrons. The Balaban J connectivity index is 1.66. The number of benzene rings is 3. The molecule has 3 aromatic carbocycles. The molecule has 0 saturated heterocycles. The van der Waals surface area contributed by atoms with Gasteiger partial charge < -0.3 is 58.6 Å². The smallest absolute Gasteiger partial charge is 0.326 e. The summed E-state index contributed by atoms with van der Waals surface area (Å²) in [5, 5.41) is 36.6. The topological polar surface area (TPSA) is 300 Å². The average molecular weight is 962 g/mol. The third-order valence-corrected chi connectivity index (χ3v) is 12.1. The lowest BCUT2D eigenvalue weighted by molar-refractivity contribution is -0.143. The molecule has 4 rings (SSSR count). The number of carbonyl (C=O) groups is 7. The first-order chi connectivity index (χ1) is 32.1. The van der Waals surface area contributed by atoms with Gasteiger partial charge in [0, 0.05) is 47.9 Å². The monoisotopic (exact) mass is 961 g/mol. The van der Waals surface area contributed by atoms with Crippen molar-refractivity contribution in [3.05, 3.63) is 102 Å². The summed E-state index contributed by atoms with van der Waals surface area (Å²) >= 11 is 8.38. The average Bonchev–Trinajstić information content (AvgIpc) is 3.73. The van der Waals surface area contributed by atoms with E-state index >= 15 is 0 Å². The summed E-state index contributed by atoms with van der Waals surface area (Å²) in [5.41, 5.74) is 14.5. The number of aromatic nitrogens is 1. The summed E-state index contributed by atoms with van der Waals surface area (Å²) in [4.78, 5) is 98.9. The summed E-state index contributed by atoms with van der Waals surface area (Å²) in [6.45, 7) is 3.73. The van der Waals surface area contributed by atoms with Crippen molar-refractivity contribution in [2.75, 3.05) is 18.1 Å². The van der Waals surface area contributed by atoms with E-state index in [0.29, 0.717) is 30.4 Å². The van der Waals surface area contributed by atoms with Crippen molar-refractivity contribution in [3.63, 3.8) is 0 Å². The lowest BCUT2D eigenvalue weighted by atomic mass is 9.99. The first kappa shape index (κ1) is 53.5. The number of thiol groups is 2. The van der Waals surface area contributed by atoms with E-state index in [1.54, 1.807) is 56.4 Å². The van der Waals surface area contributed by atoms with Crippen LogP contribution in [-0.2, 0) is 52.8 Å². The molecule has 0 fully saturated rings. The number of rotatable bonds is 27. The number of phenolic OH excluding ortho intramolecular Hbond substituents is 1. The van der Waals surface area contributed by atoms with Crippen molar-refractivity contribution in [1.29, 1.82) is 0 Å². The number of carboxylic acids is 1. The largest absolute Gasteiger partial charge is 0.508 e. The normalized spacial score (nSPS) is 14.8. The number of aromatic amines is 1. The molecule has 0 saturated carbocycles.